The molecule has 0 aromatic carbocycles. The molecule has 0 aromatic rings. The van der Waals surface area contributed by atoms with Crippen LogP contribution in [0.5, 0.6) is 0 Å². The molecular formula is C12H22FN3O. The van der Waals surface area contributed by atoms with Crippen LogP contribution >= 0.6 is 0 Å². The van der Waals surface area contributed by atoms with E-state index >= 15 is 0 Å². The van der Waals surface area contributed by atoms with Crippen LogP contribution in [0.1, 0.15) is 20.3 Å². The summed E-state index contributed by atoms with van der Waals surface area (Å²) >= 11 is 0. The molecule has 5 heteroatoms. The Labute approximate surface area is 103 Å². The van der Waals surface area contributed by atoms with Crippen molar-refractivity contribution in [1.29, 1.82) is 0 Å². The molecular weight excluding hydrogens is 221 g/mol. The van der Waals surface area contributed by atoms with Gasteiger partial charge in [0.2, 0.25) is 0 Å². The fourth-order valence-electron chi connectivity index (χ4n) is 1.17. The van der Waals surface area contributed by atoms with Crippen molar-refractivity contribution in [3.8, 4) is 0 Å². The Morgan fingerprint density at radius 2 is 2.29 bits per heavy atom. The first-order chi connectivity index (χ1) is 8.17. The van der Waals surface area contributed by atoms with E-state index in [1.165, 1.54) is 6.20 Å². The number of rotatable bonds is 9. The average Bonchev–Trinajstić information content (AvgIpc) is 2.34. The lowest BCUT2D eigenvalue weighted by atomic mass is 10.3. The molecule has 0 saturated carbocycles. The van der Waals surface area contributed by atoms with E-state index in [-0.39, 0.29) is 12.3 Å². The third kappa shape index (κ3) is 7.52. The summed E-state index contributed by atoms with van der Waals surface area (Å²) in [7, 11) is 1.78. The lowest BCUT2D eigenvalue weighted by molar-refractivity contribution is -0.0281. The van der Waals surface area contributed by atoms with Gasteiger partial charge in [0.15, 0.2) is 0 Å². The van der Waals surface area contributed by atoms with Crippen LogP contribution in [0.4, 0.5) is 4.39 Å². The number of halogens is 1. The molecule has 0 heterocycles. The third-order valence-corrected chi connectivity index (χ3v) is 2.08. The maximum absolute atomic E-state index is 12.5. The van der Waals surface area contributed by atoms with E-state index in [0.717, 1.165) is 5.82 Å². The monoisotopic (exact) mass is 243 g/mol. The maximum Gasteiger partial charge on any atom is 0.126 e. The Morgan fingerprint density at radius 3 is 2.76 bits per heavy atom. The Balaban J connectivity index is 4.22. The normalized spacial score (nSPS) is 15.6. The second-order valence-corrected chi connectivity index (χ2v) is 3.42. The van der Waals surface area contributed by atoms with Gasteiger partial charge in [-0.15, -0.1) is 0 Å². The smallest absolute Gasteiger partial charge is 0.126 e. The summed E-state index contributed by atoms with van der Waals surface area (Å²) in [6.07, 6.45) is 4.81. The molecule has 2 atom stereocenters. The van der Waals surface area contributed by atoms with E-state index in [2.05, 4.69) is 22.2 Å². The van der Waals surface area contributed by atoms with Crippen molar-refractivity contribution in [3.05, 3.63) is 24.7 Å². The molecule has 0 spiro atoms. The molecule has 0 rings (SSSR count). The van der Waals surface area contributed by atoms with Crippen LogP contribution < -0.4 is 10.6 Å². The number of ether oxygens (including phenoxy) is 1. The summed E-state index contributed by atoms with van der Waals surface area (Å²) in [5.74, 6) is 0.747. The molecule has 0 bridgehead atoms. The van der Waals surface area contributed by atoms with Crippen molar-refractivity contribution < 1.29 is 9.13 Å². The van der Waals surface area contributed by atoms with E-state index in [0.29, 0.717) is 6.42 Å². The van der Waals surface area contributed by atoms with Gasteiger partial charge in [-0.3, -0.25) is 4.99 Å². The van der Waals surface area contributed by atoms with Gasteiger partial charge < -0.3 is 15.4 Å². The van der Waals surface area contributed by atoms with Gasteiger partial charge >= 0.3 is 0 Å². The second-order valence-electron chi connectivity index (χ2n) is 3.42. The van der Waals surface area contributed by atoms with Gasteiger partial charge in [0.1, 0.15) is 18.7 Å². The quantitative estimate of drug-likeness (QED) is 0.480. The highest BCUT2D eigenvalue weighted by Gasteiger charge is 2.11. The number of aliphatic imine (C=N–C) groups is 1. The van der Waals surface area contributed by atoms with Crippen LogP contribution in [0.3, 0.4) is 0 Å². The number of nitrogens with one attached hydrogen (secondary N) is 2. The largest absolute Gasteiger partial charge is 0.375 e. The van der Waals surface area contributed by atoms with Crippen molar-refractivity contribution >= 4 is 6.21 Å². The molecule has 0 amide bonds. The first kappa shape index (κ1) is 15.6. The Hall–Kier alpha value is -1.36. The van der Waals surface area contributed by atoms with Gasteiger partial charge in [-0.25, -0.2) is 4.39 Å². The van der Waals surface area contributed by atoms with Gasteiger partial charge in [0.05, 0.1) is 6.10 Å². The summed E-state index contributed by atoms with van der Waals surface area (Å²) < 4.78 is 17.9. The summed E-state index contributed by atoms with van der Waals surface area (Å²) in [5, 5.41) is 6.01. The van der Waals surface area contributed by atoms with Crippen molar-refractivity contribution in [2.45, 2.75) is 32.6 Å². The summed E-state index contributed by atoms with van der Waals surface area (Å²) in [6, 6.07) is 0. The van der Waals surface area contributed by atoms with Crippen LogP contribution in [-0.2, 0) is 4.74 Å². The predicted molar refractivity (Wildman–Crippen MR) is 69.6 cm³/mol. The van der Waals surface area contributed by atoms with Crippen molar-refractivity contribution in [2.24, 2.45) is 4.99 Å². The second kappa shape index (κ2) is 9.84. The number of alkyl halides is 1. The van der Waals surface area contributed by atoms with Crippen molar-refractivity contribution in [1.82, 2.24) is 10.6 Å². The topological polar surface area (TPSA) is 45.7 Å². The lowest BCUT2D eigenvalue weighted by Gasteiger charge is -2.22. The van der Waals surface area contributed by atoms with E-state index in [1.807, 2.05) is 13.8 Å². The van der Waals surface area contributed by atoms with Crippen LogP contribution in [-0.4, -0.2) is 32.3 Å². The van der Waals surface area contributed by atoms with Gasteiger partial charge in [0, 0.05) is 19.5 Å². The number of hydrogen-bond acceptors (Lipinski definition) is 4. The minimum Gasteiger partial charge on any atom is -0.375 e. The Bertz CT molecular complexity index is 262. The molecule has 17 heavy (non-hydrogen) atoms. The average molecular weight is 243 g/mol. The molecule has 0 aliphatic carbocycles. The highest BCUT2D eigenvalue weighted by molar-refractivity contribution is 5.72. The van der Waals surface area contributed by atoms with Crippen LogP contribution in [0.15, 0.2) is 29.7 Å². The minimum atomic E-state index is -0.473. The van der Waals surface area contributed by atoms with Gasteiger partial charge in [-0.2, -0.15) is 0 Å². The van der Waals surface area contributed by atoms with Gasteiger partial charge in [0.25, 0.3) is 0 Å². The number of hydrogen-bond donors (Lipinski definition) is 2. The third-order valence-electron chi connectivity index (χ3n) is 2.08. The summed E-state index contributed by atoms with van der Waals surface area (Å²) in [6.45, 7) is 6.72. The molecule has 0 radical (unpaired) electrons. The zero-order valence-electron chi connectivity index (χ0n) is 10.7. The summed E-state index contributed by atoms with van der Waals surface area (Å²) in [5.41, 5.74) is 0. The Morgan fingerprint density at radius 1 is 1.59 bits per heavy atom. The van der Waals surface area contributed by atoms with E-state index < -0.39 is 6.67 Å². The molecule has 0 aromatic heterocycles. The van der Waals surface area contributed by atoms with Crippen LogP contribution in [0.2, 0.25) is 0 Å². The molecule has 0 aliphatic heterocycles. The lowest BCUT2D eigenvalue weighted by Crippen LogP contribution is -2.36. The fourth-order valence-corrected chi connectivity index (χ4v) is 1.17. The van der Waals surface area contributed by atoms with Gasteiger partial charge in [-0.05, 0) is 19.4 Å². The molecule has 2 unspecified atom stereocenters. The maximum atomic E-state index is 12.5. The van der Waals surface area contributed by atoms with E-state index in [4.69, 9.17) is 4.74 Å². The SMILES string of the molecule is C=CN=CC=C(NC)NC(C)OC(CC)CF. The zero-order valence-corrected chi connectivity index (χ0v) is 10.7. The highest BCUT2D eigenvalue weighted by atomic mass is 19.1. The molecule has 98 valence electrons. The van der Waals surface area contributed by atoms with Crippen LogP contribution in [0.25, 0.3) is 0 Å². The van der Waals surface area contributed by atoms with Crippen molar-refractivity contribution in [2.75, 3.05) is 13.7 Å². The van der Waals surface area contributed by atoms with Crippen LogP contribution in [0, 0.1) is 0 Å². The fraction of sp³-hybridized carbons (Fsp3) is 0.583. The number of allylic oxidation sites excluding steroid dienone is 1. The predicted octanol–water partition coefficient (Wildman–Crippen LogP) is 1.96. The number of nitrogens with zero attached hydrogens (tertiary/aromatic N) is 1. The van der Waals surface area contributed by atoms with E-state index in [9.17, 15) is 4.39 Å². The first-order valence-corrected chi connectivity index (χ1v) is 5.67. The van der Waals surface area contributed by atoms with E-state index in [1.54, 1.807) is 19.3 Å². The minimum absolute atomic E-state index is 0.272. The van der Waals surface area contributed by atoms with Crippen molar-refractivity contribution in [3.63, 3.8) is 0 Å². The highest BCUT2D eigenvalue weighted by Crippen LogP contribution is 2.02. The first-order valence-electron chi connectivity index (χ1n) is 5.67. The molecule has 0 saturated heterocycles. The van der Waals surface area contributed by atoms with Gasteiger partial charge in [-0.1, -0.05) is 13.5 Å². The zero-order chi connectivity index (χ0) is 13.1. The molecule has 0 fully saturated rings. The standard InChI is InChI=1S/C12H22FN3O/c1-5-11(9-13)17-10(3)16-12(14-4)7-8-15-6-2/h6-8,10-11,14,16H,2,5,9H2,1,3-4H3. The molecule has 0 aliphatic rings. The molecule has 4 nitrogen and oxygen atoms in total. The molecule has 2 N–H and O–H groups in total. The summed E-state index contributed by atoms with van der Waals surface area (Å²) in [4.78, 5) is 3.84. The Kier molecular flexibility index (Phi) is 9.05.